The van der Waals surface area contributed by atoms with E-state index in [1.54, 1.807) is 19.9 Å². The number of benzene rings is 2. The van der Waals surface area contributed by atoms with E-state index < -0.39 is 10.0 Å². The number of aryl methyl sites for hydroxylation is 2. The highest BCUT2D eigenvalue weighted by Gasteiger charge is 2.22. The van der Waals surface area contributed by atoms with Gasteiger partial charge in [0.05, 0.1) is 4.90 Å². The van der Waals surface area contributed by atoms with Crippen molar-refractivity contribution in [2.45, 2.75) is 44.9 Å². The summed E-state index contributed by atoms with van der Waals surface area (Å²) in [5, 5.41) is 6.28. The molecule has 0 fully saturated rings. The van der Waals surface area contributed by atoms with Crippen molar-refractivity contribution in [3.8, 4) is 0 Å². The molecule has 26 heavy (non-hydrogen) atoms. The summed E-state index contributed by atoms with van der Waals surface area (Å²) in [4.78, 5) is 3.37. The maximum absolute atomic E-state index is 13.6. The van der Waals surface area contributed by atoms with Gasteiger partial charge in [-0.2, -0.15) is 0 Å². The van der Waals surface area contributed by atoms with Gasteiger partial charge >= 0.3 is 0 Å². The lowest BCUT2D eigenvalue weighted by molar-refractivity contribution is 0.596. The van der Waals surface area contributed by atoms with Gasteiger partial charge in [-0.1, -0.05) is 13.0 Å². The standard InChI is InChI=1S/C20H23FN2O2S/c1-11-7-13(3)20(26(22,24)25)14(4)19(11)12(2)8-15-10-23-18-6-5-16(21)9-17(15)18/h5-7,9-10,12,23H,8H2,1-4H3,(H2,22,24,25). The molecule has 6 heteroatoms. The molecule has 138 valence electrons. The van der Waals surface area contributed by atoms with E-state index >= 15 is 0 Å². The van der Waals surface area contributed by atoms with Crippen molar-refractivity contribution in [3.05, 3.63) is 64.1 Å². The second kappa shape index (κ2) is 6.52. The minimum absolute atomic E-state index is 0.0540. The van der Waals surface area contributed by atoms with Crippen LogP contribution in [0.5, 0.6) is 0 Å². The van der Waals surface area contributed by atoms with Crippen molar-refractivity contribution in [1.29, 1.82) is 0 Å². The molecule has 0 saturated carbocycles. The second-order valence-corrected chi connectivity index (χ2v) is 8.53. The van der Waals surface area contributed by atoms with Crippen molar-refractivity contribution < 1.29 is 12.8 Å². The molecule has 1 atom stereocenters. The number of nitrogens with two attached hydrogens (primary N) is 1. The summed E-state index contributed by atoms with van der Waals surface area (Å²) in [5.74, 6) is -0.219. The molecule has 2 aromatic carbocycles. The lowest BCUT2D eigenvalue weighted by atomic mass is 9.86. The monoisotopic (exact) mass is 374 g/mol. The van der Waals surface area contributed by atoms with E-state index in [0.717, 1.165) is 27.6 Å². The number of aromatic nitrogens is 1. The first-order valence-electron chi connectivity index (χ1n) is 8.48. The average molecular weight is 374 g/mol. The average Bonchev–Trinajstić information content (AvgIpc) is 2.87. The molecule has 1 aromatic heterocycles. The zero-order chi connectivity index (χ0) is 19.2. The van der Waals surface area contributed by atoms with Crippen LogP contribution in [0, 0.1) is 26.6 Å². The highest BCUT2D eigenvalue weighted by molar-refractivity contribution is 7.89. The summed E-state index contributed by atoms with van der Waals surface area (Å²) in [6, 6.07) is 6.55. The van der Waals surface area contributed by atoms with Crippen molar-refractivity contribution in [2.75, 3.05) is 0 Å². The molecule has 3 aromatic rings. The number of fused-ring (bicyclic) bond motifs is 1. The van der Waals surface area contributed by atoms with Crippen LogP contribution in [0.2, 0.25) is 0 Å². The van der Waals surface area contributed by atoms with Gasteiger partial charge in [-0.15, -0.1) is 0 Å². The Bertz CT molecular complexity index is 1100. The maximum atomic E-state index is 13.6. The second-order valence-electron chi connectivity index (χ2n) is 7.03. The Balaban J connectivity index is 2.07. The lowest BCUT2D eigenvalue weighted by Gasteiger charge is -2.21. The van der Waals surface area contributed by atoms with Crippen LogP contribution in [-0.2, 0) is 16.4 Å². The molecule has 1 unspecified atom stereocenters. The molecule has 0 aliphatic heterocycles. The van der Waals surface area contributed by atoms with E-state index in [0.29, 0.717) is 17.5 Å². The molecule has 0 amide bonds. The summed E-state index contributed by atoms with van der Waals surface area (Å²) in [6.07, 6.45) is 2.55. The quantitative estimate of drug-likeness (QED) is 0.717. The molecule has 3 rings (SSSR count). The van der Waals surface area contributed by atoms with E-state index in [9.17, 15) is 12.8 Å². The van der Waals surface area contributed by atoms with E-state index in [2.05, 4.69) is 11.9 Å². The van der Waals surface area contributed by atoms with Gasteiger partial charge in [0.25, 0.3) is 0 Å². The van der Waals surface area contributed by atoms with Crippen molar-refractivity contribution in [1.82, 2.24) is 4.98 Å². The zero-order valence-electron chi connectivity index (χ0n) is 15.4. The van der Waals surface area contributed by atoms with Crippen LogP contribution in [0.4, 0.5) is 4.39 Å². The Morgan fingerprint density at radius 2 is 1.85 bits per heavy atom. The molecule has 3 N–H and O–H groups in total. The summed E-state index contributed by atoms with van der Waals surface area (Å²) >= 11 is 0. The number of rotatable bonds is 4. The zero-order valence-corrected chi connectivity index (χ0v) is 16.2. The predicted molar refractivity (Wildman–Crippen MR) is 102 cm³/mol. The predicted octanol–water partition coefficient (Wildman–Crippen LogP) is 4.23. The van der Waals surface area contributed by atoms with Gasteiger partial charge in [0.15, 0.2) is 0 Å². The van der Waals surface area contributed by atoms with Crippen molar-refractivity contribution >= 4 is 20.9 Å². The third-order valence-corrected chi connectivity index (χ3v) is 6.19. The van der Waals surface area contributed by atoms with E-state index in [-0.39, 0.29) is 16.6 Å². The molecule has 0 aliphatic rings. The van der Waals surface area contributed by atoms with Crippen LogP contribution in [0.25, 0.3) is 10.9 Å². The summed E-state index contributed by atoms with van der Waals surface area (Å²) in [6.45, 7) is 7.60. The molecule has 0 radical (unpaired) electrons. The molecular formula is C20H23FN2O2S. The molecule has 0 bridgehead atoms. The Morgan fingerprint density at radius 1 is 1.15 bits per heavy atom. The number of nitrogens with one attached hydrogen (secondary N) is 1. The minimum Gasteiger partial charge on any atom is -0.361 e. The fourth-order valence-electron chi connectivity index (χ4n) is 4.13. The van der Waals surface area contributed by atoms with Crippen LogP contribution in [-0.4, -0.2) is 13.4 Å². The van der Waals surface area contributed by atoms with Gasteiger partial charge < -0.3 is 4.98 Å². The number of halogens is 1. The topological polar surface area (TPSA) is 76.0 Å². The van der Waals surface area contributed by atoms with Crippen molar-refractivity contribution in [3.63, 3.8) is 0 Å². The Morgan fingerprint density at radius 3 is 2.50 bits per heavy atom. The lowest BCUT2D eigenvalue weighted by Crippen LogP contribution is -2.18. The smallest absolute Gasteiger partial charge is 0.238 e. The molecule has 0 spiro atoms. The number of primary sulfonamides is 1. The SMILES string of the molecule is Cc1cc(C)c(S(N)(=O)=O)c(C)c1C(C)Cc1c[nH]c2ccc(F)cc12. The number of hydrogen-bond acceptors (Lipinski definition) is 2. The Kier molecular flexibility index (Phi) is 4.67. The summed E-state index contributed by atoms with van der Waals surface area (Å²) in [7, 11) is -3.80. The Hall–Kier alpha value is -2.18. The van der Waals surface area contributed by atoms with Crippen LogP contribution >= 0.6 is 0 Å². The molecular weight excluding hydrogens is 351 g/mol. The Labute approximate surface area is 153 Å². The maximum Gasteiger partial charge on any atom is 0.238 e. The summed E-state index contributed by atoms with van der Waals surface area (Å²) < 4.78 is 37.7. The normalized spacial score (nSPS) is 13.3. The number of hydrogen-bond donors (Lipinski definition) is 2. The van der Waals surface area contributed by atoms with Crippen LogP contribution in [0.1, 0.15) is 40.7 Å². The van der Waals surface area contributed by atoms with E-state index in [1.165, 1.54) is 12.1 Å². The number of sulfonamides is 1. The van der Waals surface area contributed by atoms with Crippen LogP contribution in [0.3, 0.4) is 0 Å². The van der Waals surface area contributed by atoms with Gasteiger partial charge in [-0.3, -0.25) is 0 Å². The molecule has 0 saturated heterocycles. The van der Waals surface area contributed by atoms with Gasteiger partial charge in [-0.05, 0) is 79.1 Å². The molecule has 4 nitrogen and oxygen atoms in total. The van der Waals surface area contributed by atoms with Gasteiger partial charge in [0.1, 0.15) is 5.82 Å². The highest BCUT2D eigenvalue weighted by atomic mass is 32.2. The van der Waals surface area contributed by atoms with E-state index in [1.807, 2.05) is 19.2 Å². The summed E-state index contributed by atoms with van der Waals surface area (Å²) in [5.41, 5.74) is 5.26. The fourth-order valence-corrected chi connectivity index (χ4v) is 5.17. The third kappa shape index (κ3) is 3.27. The molecule has 0 aliphatic carbocycles. The van der Waals surface area contributed by atoms with E-state index in [4.69, 9.17) is 5.14 Å². The first-order chi connectivity index (χ1) is 12.1. The van der Waals surface area contributed by atoms with Gasteiger partial charge in [0.2, 0.25) is 10.0 Å². The largest absolute Gasteiger partial charge is 0.361 e. The highest BCUT2D eigenvalue weighted by Crippen LogP contribution is 2.34. The first kappa shape index (κ1) is 18.6. The minimum atomic E-state index is -3.80. The molecule has 1 heterocycles. The first-order valence-corrected chi connectivity index (χ1v) is 10.0. The number of H-pyrrole nitrogens is 1. The van der Waals surface area contributed by atoms with Gasteiger partial charge in [0, 0.05) is 17.1 Å². The van der Waals surface area contributed by atoms with Crippen LogP contribution < -0.4 is 5.14 Å². The van der Waals surface area contributed by atoms with Crippen LogP contribution in [0.15, 0.2) is 35.4 Å². The number of aromatic amines is 1. The van der Waals surface area contributed by atoms with Gasteiger partial charge in [-0.25, -0.2) is 17.9 Å². The fraction of sp³-hybridized carbons (Fsp3) is 0.300. The van der Waals surface area contributed by atoms with Crippen molar-refractivity contribution in [2.24, 2.45) is 5.14 Å². The third-order valence-electron chi connectivity index (χ3n) is 4.99.